The maximum atomic E-state index is 11.9. The van der Waals surface area contributed by atoms with E-state index in [9.17, 15) is 4.79 Å². The van der Waals surface area contributed by atoms with Crippen molar-refractivity contribution in [2.24, 2.45) is 0 Å². The summed E-state index contributed by atoms with van der Waals surface area (Å²) >= 11 is 5.81. The zero-order valence-corrected chi connectivity index (χ0v) is 12.2. The monoisotopic (exact) mass is 285 g/mol. The van der Waals surface area contributed by atoms with Crippen LogP contribution in [0.1, 0.15) is 16.7 Å². The van der Waals surface area contributed by atoms with Gasteiger partial charge in [0, 0.05) is 16.8 Å². The molecule has 102 valence electrons. The standard InChI is InChI=1S/C17H16ClNO/c1-12-4-3-5-13(2)17(12)19-16(20)11-8-14-6-9-15(18)10-7-14/h3-11H,1-2H3,(H,19,20)/b11-8+. The van der Waals surface area contributed by atoms with Gasteiger partial charge in [0.25, 0.3) is 0 Å². The molecule has 20 heavy (non-hydrogen) atoms. The van der Waals surface area contributed by atoms with Crippen LogP contribution in [-0.4, -0.2) is 5.91 Å². The first-order valence-electron chi connectivity index (χ1n) is 6.37. The highest BCUT2D eigenvalue weighted by Gasteiger charge is 2.04. The number of anilines is 1. The van der Waals surface area contributed by atoms with E-state index in [2.05, 4.69) is 5.32 Å². The smallest absolute Gasteiger partial charge is 0.248 e. The van der Waals surface area contributed by atoms with Crippen molar-refractivity contribution in [2.75, 3.05) is 5.32 Å². The molecule has 2 nitrogen and oxygen atoms in total. The molecule has 0 spiro atoms. The molecule has 2 rings (SSSR count). The van der Waals surface area contributed by atoms with E-state index in [0.717, 1.165) is 22.4 Å². The first-order valence-corrected chi connectivity index (χ1v) is 6.75. The van der Waals surface area contributed by atoms with Gasteiger partial charge in [0.1, 0.15) is 0 Å². The molecular formula is C17H16ClNO. The molecule has 0 unspecified atom stereocenters. The van der Waals surface area contributed by atoms with Gasteiger partial charge >= 0.3 is 0 Å². The molecule has 1 amide bonds. The van der Waals surface area contributed by atoms with Gasteiger partial charge in [-0.3, -0.25) is 4.79 Å². The number of benzene rings is 2. The number of rotatable bonds is 3. The van der Waals surface area contributed by atoms with E-state index in [0.29, 0.717) is 5.02 Å². The highest BCUT2D eigenvalue weighted by Crippen LogP contribution is 2.19. The quantitative estimate of drug-likeness (QED) is 0.820. The Bertz CT molecular complexity index is 624. The fourth-order valence-corrected chi connectivity index (χ4v) is 2.05. The van der Waals surface area contributed by atoms with Gasteiger partial charge in [-0.05, 0) is 48.7 Å². The minimum absolute atomic E-state index is 0.141. The molecule has 2 aromatic carbocycles. The summed E-state index contributed by atoms with van der Waals surface area (Å²) in [7, 11) is 0. The molecule has 0 aromatic heterocycles. The largest absolute Gasteiger partial charge is 0.322 e. The lowest BCUT2D eigenvalue weighted by Gasteiger charge is -2.09. The average molecular weight is 286 g/mol. The van der Waals surface area contributed by atoms with Gasteiger partial charge in [-0.15, -0.1) is 0 Å². The maximum absolute atomic E-state index is 11.9. The predicted molar refractivity (Wildman–Crippen MR) is 85.0 cm³/mol. The van der Waals surface area contributed by atoms with Crippen LogP contribution in [0.2, 0.25) is 5.02 Å². The second-order valence-electron chi connectivity index (χ2n) is 4.64. The van der Waals surface area contributed by atoms with Gasteiger partial charge in [-0.25, -0.2) is 0 Å². The average Bonchev–Trinajstić information content (AvgIpc) is 2.42. The summed E-state index contributed by atoms with van der Waals surface area (Å²) in [6.45, 7) is 3.96. The molecule has 0 heterocycles. The molecule has 0 aliphatic heterocycles. The van der Waals surface area contributed by atoms with E-state index >= 15 is 0 Å². The molecule has 3 heteroatoms. The first kappa shape index (κ1) is 14.4. The Balaban J connectivity index is 2.07. The fraction of sp³-hybridized carbons (Fsp3) is 0.118. The minimum Gasteiger partial charge on any atom is -0.322 e. The number of hydrogen-bond donors (Lipinski definition) is 1. The summed E-state index contributed by atoms with van der Waals surface area (Å²) < 4.78 is 0. The third-order valence-electron chi connectivity index (χ3n) is 3.03. The summed E-state index contributed by atoms with van der Waals surface area (Å²) in [5, 5.41) is 3.59. The number of amides is 1. The van der Waals surface area contributed by atoms with Crippen LogP contribution in [-0.2, 0) is 4.79 Å². The Morgan fingerprint density at radius 2 is 1.65 bits per heavy atom. The Labute approximate surface area is 124 Å². The highest BCUT2D eigenvalue weighted by molar-refractivity contribution is 6.30. The molecule has 0 saturated heterocycles. The second kappa shape index (κ2) is 6.40. The molecular weight excluding hydrogens is 270 g/mol. The van der Waals surface area contributed by atoms with Crippen LogP contribution in [0.25, 0.3) is 6.08 Å². The number of carbonyl (C=O) groups is 1. The minimum atomic E-state index is -0.141. The highest BCUT2D eigenvalue weighted by atomic mass is 35.5. The van der Waals surface area contributed by atoms with Crippen LogP contribution < -0.4 is 5.32 Å². The van der Waals surface area contributed by atoms with Crippen LogP contribution in [0, 0.1) is 13.8 Å². The molecule has 0 radical (unpaired) electrons. The van der Waals surface area contributed by atoms with Crippen molar-refractivity contribution in [3.63, 3.8) is 0 Å². The molecule has 0 fully saturated rings. The Hall–Kier alpha value is -2.06. The van der Waals surface area contributed by atoms with Gasteiger partial charge in [-0.2, -0.15) is 0 Å². The van der Waals surface area contributed by atoms with E-state index in [1.54, 1.807) is 18.2 Å². The van der Waals surface area contributed by atoms with Gasteiger partial charge in [0.15, 0.2) is 0 Å². The fourth-order valence-electron chi connectivity index (χ4n) is 1.92. The third-order valence-corrected chi connectivity index (χ3v) is 3.28. The van der Waals surface area contributed by atoms with E-state index in [1.165, 1.54) is 6.08 Å². The normalized spacial score (nSPS) is 10.8. The number of halogens is 1. The molecule has 2 aromatic rings. The van der Waals surface area contributed by atoms with Crippen LogP contribution in [0.5, 0.6) is 0 Å². The van der Waals surface area contributed by atoms with Crippen LogP contribution in [0.15, 0.2) is 48.5 Å². The zero-order chi connectivity index (χ0) is 14.5. The lowest BCUT2D eigenvalue weighted by Crippen LogP contribution is -2.10. The summed E-state index contributed by atoms with van der Waals surface area (Å²) in [4.78, 5) is 11.9. The molecule has 0 aliphatic carbocycles. The topological polar surface area (TPSA) is 29.1 Å². The first-order chi connectivity index (χ1) is 9.56. The molecule has 0 aliphatic rings. The maximum Gasteiger partial charge on any atom is 0.248 e. The van der Waals surface area contributed by atoms with Gasteiger partial charge < -0.3 is 5.32 Å². The van der Waals surface area contributed by atoms with Crippen molar-refractivity contribution in [1.82, 2.24) is 0 Å². The van der Waals surface area contributed by atoms with Crippen LogP contribution >= 0.6 is 11.6 Å². The number of nitrogens with one attached hydrogen (secondary N) is 1. The van der Waals surface area contributed by atoms with Crippen molar-refractivity contribution in [3.05, 3.63) is 70.3 Å². The number of hydrogen-bond acceptors (Lipinski definition) is 1. The Kier molecular flexibility index (Phi) is 4.59. The predicted octanol–water partition coefficient (Wildman–Crippen LogP) is 4.61. The lowest BCUT2D eigenvalue weighted by molar-refractivity contribution is -0.111. The van der Waals surface area contributed by atoms with Crippen molar-refractivity contribution < 1.29 is 4.79 Å². The summed E-state index contributed by atoms with van der Waals surface area (Å²) in [5.74, 6) is -0.141. The van der Waals surface area contributed by atoms with Crippen LogP contribution in [0.4, 0.5) is 5.69 Å². The van der Waals surface area contributed by atoms with E-state index in [4.69, 9.17) is 11.6 Å². The second-order valence-corrected chi connectivity index (χ2v) is 5.08. The molecule has 0 bridgehead atoms. The number of aryl methyl sites for hydroxylation is 2. The molecule has 1 N–H and O–H groups in total. The zero-order valence-electron chi connectivity index (χ0n) is 11.5. The summed E-state index contributed by atoms with van der Waals surface area (Å²) in [6, 6.07) is 13.3. The Morgan fingerprint density at radius 3 is 2.25 bits per heavy atom. The number of para-hydroxylation sites is 1. The van der Waals surface area contributed by atoms with Gasteiger partial charge in [0.2, 0.25) is 5.91 Å². The summed E-state index contributed by atoms with van der Waals surface area (Å²) in [6.07, 6.45) is 3.29. The van der Waals surface area contributed by atoms with Crippen molar-refractivity contribution in [3.8, 4) is 0 Å². The lowest BCUT2D eigenvalue weighted by atomic mass is 10.1. The van der Waals surface area contributed by atoms with Crippen LogP contribution in [0.3, 0.4) is 0 Å². The van der Waals surface area contributed by atoms with Gasteiger partial charge in [-0.1, -0.05) is 41.9 Å². The third kappa shape index (κ3) is 3.72. The molecule has 0 saturated carbocycles. The van der Waals surface area contributed by atoms with Crippen molar-refractivity contribution in [1.29, 1.82) is 0 Å². The van der Waals surface area contributed by atoms with Crippen molar-refractivity contribution in [2.45, 2.75) is 13.8 Å². The Morgan fingerprint density at radius 1 is 1.05 bits per heavy atom. The van der Waals surface area contributed by atoms with E-state index < -0.39 is 0 Å². The van der Waals surface area contributed by atoms with E-state index in [-0.39, 0.29) is 5.91 Å². The summed E-state index contributed by atoms with van der Waals surface area (Å²) in [5.41, 5.74) is 3.92. The number of carbonyl (C=O) groups excluding carboxylic acids is 1. The van der Waals surface area contributed by atoms with Crippen molar-refractivity contribution >= 4 is 29.3 Å². The molecule has 0 atom stereocenters. The van der Waals surface area contributed by atoms with E-state index in [1.807, 2.05) is 44.2 Å². The SMILES string of the molecule is Cc1cccc(C)c1NC(=O)/C=C/c1ccc(Cl)cc1. The van der Waals surface area contributed by atoms with Gasteiger partial charge in [0.05, 0.1) is 0 Å².